The molecule has 1 aromatic carbocycles. The fourth-order valence-corrected chi connectivity index (χ4v) is 4.97. The lowest BCUT2D eigenvalue weighted by Gasteiger charge is -2.34. The first-order chi connectivity index (χ1) is 13.2. The quantitative estimate of drug-likeness (QED) is 0.803. The predicted molar refractivity (Wildman–Crippen MR) is 105 cm³/mol. The Bertz CT molecular complexity index is 765. The zero-order valence-corrected chi connectivity index (χ0v) is 16.3. The van der Waals surface area contributed by atoms with Crippen LogP contribution in [0, 0.1) is 5.82 Å². The lowest BCUT2D eigenvalue weighted by Crippen LogP contribution is -2.49. The summed E-state index contributed by atoms with van der Waals surface area (Å²) in [5, 5.41) is 11.0. The Balaban J connectivity index is 1.30. The van der Waals surface area contributed by atoms with E-state index in [1.807, 2.05) is 4.90 Å². The zero-order valence-electron chi connectivity index (χ0n) is 15.4. The van der Waals surface area contributed by atoms with Crippen LogP contribution in [0.15, 0.2) is 24.3 Å². The fourth-order valence-electron chi connectivity index (χ4n) is 3.90. The predicted octanol–water partition coefficient (Wildman–Crippen LogP) is 3.62. The van der Waals surface area contributed by atoms with Gasteiger partial charge in [-0.2, -0.15) is 0 Å². The molecule has 1 aliphatic heterocycles. The third kappa shape index (κ3) is 4.46. The van der Waals surface area contributed by atoms with Crippen molar-refractivity contribution in [3.8, 4) is 0 Å². The minimum atomic E-state index is -0.274. The van der Waals surface area contributed by atoms with E-state index >= 15 is 0 Å². The number of aromatic nitrogens is 2. The number of piperazine rings is 1. The van der Waals surface area contributed by atoms with Crippen LogP contribution in [0.2, 0.25) is 0 Å². The monoisotopic (exact) mass is 388 g/mol. The van der Waals surface area contributed by atoms with E-state index in [4.69, 9.17) is 0 Å². The summed E-state index contributed by atoms with van der Waals surface area (Å²) in [5.41, 5.74) is 0.852. The first-order valence-electron chi connectivity index (χ1n) is 9.79. The molecule has 1 aromatic heterocycles. The van der Waals surface area contributed by atoms with Crippen LogP contribution in [0.3, 0.4) is 0 Å². The van der Waals surface area contributed by atoms with Crippen LogP contribution in [0.25, 0.3) is 0 Å². The molecule has 5 nitrogen and oxygen atoms in total. The van der Waals surface area contributed by atoms with E-state index < -0.39 is 0 Å². The summed E-state index contributed by atoms with van der Waals surface area (Å²) in [6.45, 7) is 2.96. The smallest absolute Gasteiger partial charge is 0.227 e. The maximum absolute atomic E-state index is 13.0. The number of benzene rings is 1. The Hall–Kier alpha value is -2.02. The van der Waals surface area contributed by atoms with E-state index in [0.717, 1.165) is 23.8 Å². The molecule has 4 rings (SSSR count). The summed E-state index contributed by atoms with van der Waals surface area (Å²) >= 11 is 1.72. The maximum atomic E-state index is 13.0. The summed E-state index contributed by atoms with van der Waals surface area (Å²) in [4.78, 5) is 16.6. The first kappa shape index (κ1) is 18.3. The number of rotatable bonds is 4. The summed E-state index contributed by atoms with van der Waals surface area (Å²) in [6.07, 6.45) is 6.74. The molecule has 1 aliphatic carbocycles. The summed E-state index contributed by atoms with van der Waals surface area (Å²) < 4.78 is 13.0. The molecule has 0 atom stereocenters. The zero-order chi connectivity index (χ0) is 18.6. The molecule has 2 heterocycles. The first-order valence-corrected chi connectivity index (χ1v) is 10.6. The van der Waals surface area contributed by atoms with Gasteiger partial charge in [0.05, 0.1) is 6.42 Å². The van der Waals surface area contributed by atoms with Gasteiger partial charge in [0.15, 0.2) is 0 Å². The molecule has 0 spiro atoms. The molecule has 2 fully saturated rings. The van der Waals surface area contributed by atoms with Gasteiger partial charge in [-0.05, 0) is 30.5 Å². The molecule has 1 saturated heterocycles. The lowest BCUT2D eigenvalue weighted by atomic mass is 9.90. The number of hydrogen-bond donors (Lipinski definition) is 0. The molecule has 0 unspecified atom stereocenters. The number of anilines is 1. The molecule has 144 valence electrons. The SMILES string of the molecule is O=C(Cc1ccc(F)cc1)N1CCN(c2nnc(C3CCCCC3)s2)CC1. The average molecular weight is 389 g/mol. The second kappa shape index (κ2) is 8.33. The molecular formula is C20H25FN4OS. The van der Waals surface area contributed by atoms with Crippen molar-refractivity contribution in [3.05, 3.63) is 40.7 Å². The lowest BCUT2D eigenvalue weighted by molar-refractivity contribution is -0.130. The van der Waals surface area contributed by atoms with Gasteiger partial charge in [-0.1, -0.05) is 42.7 Å². The summed E-state index contributed by atoms with van der Waals surface area (Å²) in [6, 6.07) is 6.16. The number of hydrogen-bond acceptors (Lipinski definition) is 5. The number of carbonyl (C=O) groups is 1. The van der Waals surface area contributed by atoms with Crippen molar-refractivity contribution in [2.45, 2.75) is 44.4 Å². The van der Waals surface area contributed by atoms with Gasteiger partial charge in [0.2, 0.25) is 11.0 Å². The van der Waals surface area contributed by atoms with Crippen LogP contribution >= 0.6 is 11.3 Å². The van der Waals surface area contributed by atoms with Gasteiger partial charge < -0.3 is 9.80 Å². The maximum Gasteiger partial charge on any atom is 0.227 e. The molecule has 27 heavy (non-hydrogen) atoms. The molecular weight excluding hydrogens is 363 g/mol. The minimum absolute atomic E-state index is 0.0985. The van der Waals surface area contributed by atoms with E-state index in [9.17, 15) is 9.18 Å². The van der Waals surface area contributed by atoms with E-state index in [0.29, 0.717) is 25.4 Å². The highest BCUT2D eigenvalue weighted by Crippen LogP contribution is 2.36. The second-order valence-electron chi connectivity index (χ2n) is 7.43. The average Bonchev–Trinajstić information content (AvgIpc) is 3.21. The molecule has 2 aromatic rings. The van der Waals surface area contributed by atoms with E-state index in [-0.39, 0.29) is 11.7 Å². The van der Waals surface area contributed by atoms with Crippen LogP contribution in [0.1, 0.15) is 48.6 Å². The van der Waals surface area contributed by atoms with Gasteiger partial charge in [-0.25, -0.2) is 4.39 Å². The highest BCUT2D eigenvalue weighted by atomic mass is 32.1. The van der Waals surface area contributed by atoms with Crippen LogP contribution in [-0.2, 0) is 11.2 Å². The van der Waals surface area contributed by atoms with Crippen LogP contribution in [0.5, 0.6) is 0 Å². The van der Waals surface area contributed by atoms with Crippen molar-refractivity contribution in [1.82, 2.24) is 15.1 Å². The van der Waals surface area contributed by atoms with Gasteiger partial charge in [-0.3, -0.25) is 4.79 Å². The number of nitrogens with zero attached hydrogens (tertiary/aromatic N) is 4. The number of carbonyl (C=O) groups excluding carboxylic acids is 1. The molecule has 7 heteroatoms. The van der Waals surface area contributed by atoms with E-state index in [1.165, 1.54) is 49.2 Å². The van der Waals surface area contributed by atoms with Gasteiger partial charge in [0.1, 0.15) is 10.8 Å². The summed E-state index contributed by atoms with van der Waals surface area (Å²) in [7, 11) is 0. The second-order valence-corrected chi connectivity index (χ2v) is 8.42. The van der Waals surface area contributed by atoms with Gasteiger partial charge in [0.25, 0.3) is 0 Å². The molecule has 0 bridgehead atoms. The highest BCUT2D eigenvalue weighted by Gasteiger charge is 2.25. The molecule has 1 amide bonds. The number of halogens is 1. The molecule has 0 N–H and O–H groups in total. The highest BCUT2D eigenvalue weighted by molar-refractivity contribution is 7.15. The van der Waals surface area contributed by atoms with Gasteiger partial charge in [0, 0.05) is 32.1 Å². The van der Waals surface area contributed by atoms with Crippen molar-refractivity contribution in [1.29, 1.82) is 0 Å². The Labute approximate surface area is 163 Å². The standard InChI is InChI=1S/C20H25FN4OS/c21-17-8-6-15(7-9-17)14-18(26)24-10-12-25(13-11-24)20-23-22-19(27-20)16-4-2-1-3-5-16/h6-9,16H,1-5,10-14H2. The normalized spacial score (nSPS) is 18.7. The van der Waals surface area contributed by atoms with E-state index in [1.54, 1.807) is 23.5 Å². The Morgan fingerprint density at radius 3 is 2.44 bits per heavy atom. The molecule has 0 radical (unpaired) electrons. The number of amides is 1. The van der Waals surface area contributed by atoms with Gasteiger partial charge in [-0.15, -0.1) is 10.2 Å². The van der Waals surface area contributed by atoms with Crippen LogP contribution in [-0.4, -0.2) is 47.2 Å². The van der Waals surface area contributed by atoms with Crippen molar-refractivity contribution in [2.24, 2.45) is 0 Å². The molecule has 1 saturated carbocycles. The summed E-state index contributed by atoms with van der Waals surface area (Å²) in [5.74, 6) is 0.412. The van der Waals surface area contributed by atoms with E-state index in [2.05, 4.69) is 15.1 Å². The van der Waals surface area contributed by atoms with Crippen molar-refractivity contribution >= 4 is 22.4 Å². The largest absolute Gasteiger partial charge is 0.343 e. The third-order valence-corrected chi connectivity index (χ3v) is 6.70. The van der Waals surface area contributed by atoms with Crippen molar-refractivity contribution in [3.63, 3.8) is 0 Å². The van der Waals surface area contributed by atoms with Crippen LogP contribution < -0.4 is 4.90 Å². The van der Waals surface area contributed by atoms with Gasteiger partial charge >= 0.3 is 0 Å². The Kier molecular flexibility index (Phi) is 5.66. The fraction of sp³-hybridized carbons (Fsp3) is 0.550. The minimum Gasteiger partial charge on any atom is -0.343 e. The Morgan fingerprint density at radius 2 is 1.74 bits per heavy atom. The Morgan fingerprint density at radius 1 is 1.04 bits per heavy atom. The topological polar surface area (TPSA) is 49.3 Å². The molecule has 2 aliphatic rings. The third-order valence-electron chi connectivity index (χ3n) is 5.56. The van der Waals surface area contributed by atoms with Crippen molar-refractivity contribution < 1.29 is 9.18 Å². The van der Waals surface area contributed by atoms with Crippen molar-refractivity contribution in [2.75, 3.05) is 31.1 Å². The van der Waals surface area contributed by atoms with Crippen LogP contribution in [0.4, 0.5) is 9.52 Å².